The number of benzene rings is 5. The number of aliphatic hydroxyl groups excluding tert-OH is 2. The quantitative estimate of drug-likeness (QED) is 0.0400. The highest BCUT2D eigenvalue weighted by Crippen LogP contribution is 2.62. The summed E-state index contributed by atoms with van der Waals surface area (Å²) in [5.74, 6) is 0.842. The van der Waals surface area contributed by atoms with Gasteiger partial charge in [-0.2, -0.15) is 0 Å². The summed E-state index contributed by atoms with van der Waals surface area (Å²) in [5, 5.41) is 27.7. The number of oxime groups is 1. The van der Waals surface area contributed by atoms with Crippen molar-refractivity contribution in [3.63, 3.8) is 0 Å². The lowest BCUT2D eigenvalue weighted by molar-refractivity contribution is -0.258. The second-order valence-corrected chi connectivity index (χ2v) is 21.0. The second-order valence-electron chi connectivity index (χ2n) is 21.0. The van der Waals surface area contributed by atoms with Gasteiger partial charge in [0.25, 0.3) is 0 Å². The molecule has 5 aromatic carbocycles. The van der Waals surface area contributed by atoms with Crippen molar-refractivity contribution < 1.29 is 38.8 Å². The molecule has 3 fully saturated rings. The van der Waals surface area contributed by atoms with Crippen molar-refractivity contribution in [2.45, 2.75) is 133 Å². The minimum Gasteiger partial charge on any atom is -0.459 e. The van der Waals surface area contributed by atoms with E-state index in [0.717, 1.165) is 114 Å². The predicted molar refractivity (Wildman–Crippen MR) is 287 cm³/mol. The smallest absolute Gasteiger partial charge is 0.239 e. The third-order valence-electron chi connectivity index (χ3n) is 16.4. The van der Waals surface area contributed by atoms with E-state index >= 15 is 4.79 Å². The molecule has 2 aliphatic heterocycles. The number of ether oxygens (including phenoxy) is 4. The van der Waals surface area contributed by atoms with Crippen LogP contribution in [0.3, 0.4) is 0 Å². The Morgan fingerprint density at radius 2 is 1.53 bits per heavy atom. The molecule has 73 heavy (non-hydrogen) atoms. The van der Waals surface area contributed by atoms with Gasteiger partial charge in [0.2, 0.25) is 18.0 Å². The number of allylic oxidation sites excluding steroid dienone is 1. The van der Waals surface area contributed by atoms with Crippen LogP contribution in [0, 0.1) is 23.7 Å². The molecule has 10 rings (SSSR count). The van der Waals surface area contributed by atoms with Crippen molar-refractivity contribution in [3.05, 3.63) is 151 Å². The number of carbonyl (C=O) groups excluding carboxylic acids is 1. The fourth-order valence-corrected chi connectivity index (χ4v) is 12.9. The number of unbranched alkanes of at least 4 members (excludes halogenated alkanes) is 2. The molecular formula is C63H74N2O8. The highest BCUT2D eigenvalue weighted by molar-refractivity contribution is 6.03. The SMILES string of the molecule is C=CCOC12Oc3ccc(Oc4ccc(-c5ccccc5)cc4)cc3C3C(CCCCO)C(CCCCO)C=C(C(=NOC4CCCCO4)CC1N(Cc1cccc4ccccc14)C(=O)CCC1CCCC1)C32. The summed E-state index contributed by atoms with van der Waals surface area (Å²) in [6, 6.07) is 38.8. The fraction of sp³-hybridized carbons (Fsp3) is 0.460. The van der Waals surface area contributed by atoms with Gasteiger partial charge in [0.1, 0.15) is 23.3 Å². The highest BCUT2D eigenvalue weighted by atomic mass is 16.8. The second kappa shape index (κ2) is 24.1. The Bertz CT molecular complexity index is 2690. The molecule has 0 spiro atoms. The molecule has 3 aliphatic carbocycles. The van der Waals surface area contributed by atoms with Gasteiger partial charge in [-0.1, -0.05) is 141 Å². The van der Waals surface area contributed by atoms with Gasteiger partial charge >= 0.3 is 0 Å². The van der Waals surface area contributed by atoms with Crippen LogP contribution in [-0.4, -0.2) is 71.3 Å². The molecule has 10 heteroatoms. The van der Waals surface area contributed by atoms with Crippen LogP contribution in [-0.2, 0) is 25.7 Å². The molecule has 0 bridgehead atoms. The lowest BCUT2D eigenvalue weighted by atomic mass is 9.55. The number of rotatable bonds is 22. The summed E-state index contributed by atoms with van der Waals surface area (Å²) in [5.41, 5.74) is 6.09. The predicted octanol–water partition coefficient (Wildman–Crippen LogP) is 13.5. The maximum absolute atomic E-state index is 15.6. The van der Waals surface area contributed by atoms with Crippen molar-refractivity contribution in [3.8, 4) is 28.4 Å². The molecule has 1 amide bonds. The van der Waals surface area contributed by atoms with E-state index in [9.17, 15) is 10.2 Å². The Morgan fingerprint density at radius 1 is 0.795 bits per heavy atom. The molecule has 0 radical (unpaired) electrons. The van der Waals surface area contributed by atoms with Crippen LogP contribution in [0.4, 0.5) is 0 Å². The largest absolute Gasteiger partial charge is 0.459 e. The first-order valence-corrected chi connectivity index (χ1v) is 27.4. The van der Waals surface area contributed by atoms with Crippen molar-refractivity contribution in [2.24, 2.45) is 28.8 Å². The van der Waals surface area contributed by atoms with Crippen LogP contribution in [0.5, 0.6) is 17.2 Å². The first-order chi connectivity index (χ1) is 36.0. The molecule has 1 saturated heterocycles. The number of amides is 1. The summed E-state index contributed by atoms with van der Waals surface area (Å²) in [7, 11) is 0. The Hall–Kier alpha value is -5.78. The molecule has 7 atom stereocenters. The normalized spacial score (nSPS) is 25.1. The van der Waals surface area contributed by atoms with Gasteiger partial charge < -0.3 is 38.9 Å². The van der Waals surface area contributed by atoms with Crippen LogP contribution in [0.15, 0.2) is 145 Å². The summed E-state index contributed by atoms with van der Waals surface area (Å²) in [6.07, 6.45) is 17.5. The third-order valence-corrected chi connectivity index (χ3v) is 16.4. The monoisotopic (exact) mass is 987 g/mol. The van der Waals surface area contributed by atoms with Gasteiger partial charge in [-0.15, -0.1) is 6.58 Å². The van der Waals surface area contributed by atoms with Gasteiger partial charge in [-0.25, -0.2) is 0 Å². The number of hydrogen-bond acceptors (Lipinski definition) is 9. The molecule has 2 N–H and O–H groups in total. The summed E-state index contributed by atoms with van der Waals surface area (Å²) in [6.45, 7) is 5.56. The molecule has 2 saturated carbocycles. The maximum Gasteiger partial charge on any atom is 0.239 e. The zero-order valence-electron chi connectivity index (χ0n) is 42.5. The van der Waals surface area contributed by atoms with E-state index in [-0.39, 0.29) is 43.5 Å². The van der Waals surface area contributed by atoms with Gasteiger partial charge in [0, 0.05) is 50.5 Å². The summed E-state index contributed by atoms with van der Waals surface area (Å²) >= 11 is 0. The Balaban J connectivity index is 1.14. The molecule has 0 aromatic heterocycles. The summed E-state index contributed by atoms with van der Waals surface area (Å²) in [4.78, 5) is 24.2. The number of nitrogens with zero attached hydrogens (tertiary/aromatic N) is 2. The molecule has 5 aromatic rings. The van der Waals surface area contributed by atoms with Crippen molar-refractivity contribution in [2.75, 3.05) is 26.4 Å². The highest BCUT2D eigenvalue weighted by Gasteiger charge is 2.65. The van der Waals surface area contributed by atoms with E-state index in [0.29, 0.717) is 56.3 Å². The topological polar surface area (TPSA) is 119 Å². The van der Waals surface area contributed by atoms with Crippen molar-refractivity contribution in [1.29, 1.82) is 0 Å². The lowest BCUT2D eigenvalue weighted by Crippen LogP contribution is -2.70. The Labute approximate surface area is 432 Å². The standard InChI is InChI=1S/C63H74N2O8/c1-2-38-70-63-58(65(59(68)35-28-44-17-6-7-18-44)43-49-24-16-23-47-21-8-9-25-52(47)49)42-56(64-73-60-27-12-15-39-69-60)54-40-48(22-10-13-36-66)53(26-11-14-37-67)61(62(54)63)55-41-51(33-34-57(55)72-63)71-50-31-29-46(30-32-50)45-19-4-3-5-20-45/h2-5,8-9,16,19-21,23-25,29-34,40-41,44,48,53,58,60-62,66-67H,1,6-7,10-15,17-18,22,26-28,35-39,42-43H2. The van der Waals surface area contributed by atoms with E-state index in [1.165, 1.54) is 12.8 Å². The third kappa shape index (κ3) is 11.3. The van der Waals surface area contributed by atoms with E-state index in [1.54, 1.807) is 6.08 Å². The Kier molecular flexibility index (Phi) is 16.7. The number of fused-ring (bicyclic) bond motifs is 3. The van der Waals surface area contributed by atoms with E-state index < -0.39 is 24.0 Å². The van der Waals surface area contributed by atoms with E-state index in [4.69, 9.17) is 28.9 Å². The molecular weight excluding hydrogens is 913 g/mol. The van der Waals surface area contributed by atoms with Crippen LogP contribution in [0.25, 0.3) is 21.9 Å². The number of carbonyl (C=O) groups is 1. The molecule has 10 nitrogen and oxygen atoms in total. The zero-order chi connectivity index (χ0) is 50.0. The first-order valence-electron chi connectivity index (χ1n) is 27.4. The van der Waals surface area contributed by atoms with Gasteiger partial charge in [-0.3, -0.25) is 4.79 Å². The summed E-state index contributed by atoms with van der Waals surface area (Å²) < 4.78 is 27.9. The van der Waals surface area contributed by atoms with Gasteiger partial charge in [-0.05, 0) is 126 Å². The van der Waals surface area contributed by atoms with Crippen molar-refractivity contribution in [1.82, 2.24) is 4.90 Å². The number of hydrogen-bond donors (Lipinski definition) is 2. The molecule has 2 heterocycles. The van der Waals surface area contributed by atoms with Crippen LogP contribution < -0.4 is 9.47 Å². The van der Waals surface area contributed by atoms with Crippen LogP contribution in [0.1, 0.15) is 120 Å². The molecule has 5 aliphatic rings. The Morgan fingerprint density at radius 3 is 2.32 bits per heavy atom. The van der Waals surface area contributed by atoms with Gasteiger partial charge in [0.15, 0.2) is 0 Å². The average molecular weight is 987 g/mol. The lowest BCUT2D eigenvalue weighted by Gasteiger charge is -2.60. The van der Waals surface area contributed by atoms with E-state index in [1.807, 2.05) is 42.5 Å². The van der Waals surface area contributed by atoms with E-state index in [2.05, 4.69) is 90.4 Å². The zero-order valence-corrected chi connectivity index (χ0v) is 42.5. The molecule has 7 unspecified atom stereocenters. The van der Waals surface area contributed by atoms with Crippen LogP contribution in [0.2, 0.25) is 0 Å². The minimum absolute atomic E-state index is 0.0693. The first kappa shape index (κ1) is 50.7. The maximum atomic E-state index is 15.6. The molecule has 384 valence electrons. The fourth-order valence-electron chi connectivity index (χ4n) is 12.9. The number of aliphatic hydroxyl groups is 2. The van der Waals surface area contributed by atoms with Gasteiger partial charge in [0.05, 0.1) is 24.8 Å². The average Bonchev–Trinajstić information content (AvgIpc) is 3.96. The minimum atomic E-state index is -1.38. The van der Waals surface area contributed by atoms with Crippen LogP contribution >= 0.6 is 0 Å². The van der Waals surface area contributed by atoms with Crippen molar-refractivity contribution >= 4 is 22.4 Å².